The van der Waals surface area contributed by atoms with Crippen LogP contribution in [0.5, 0.6) is 0 Å². The van der Waals surface area contributed by atoms with E-state index in [-0.39, 0.29) is 0 Å². The average Bonchev–Trinajstić information content (AvgIpc) is 2.32. The zero-order chi connectivity index (χ0) is 11.5. The van der Waals surface area contributed by atoms with Crippen molar-refractivity contribution in [3.8, 4) is 0 Å². The predicted octanol–water partition coefficient (Wildman–Crippen LogP) is 4.61. The van der Waals surface area contributed by atoms with Crippen LogP contribution in [0.1, 0.15) is 43.8 Å². The van der Waals surface area contributed by atoms with Crippen LogP contribution in [0.2, 0.25) is 10.0 Å². The summed E-state index contributed by atoms with van der Waals surface area (Å²) in [5, 5.41) is 11.6. The lowest BCUT2D eigenvalue weighted by Crippen LogP contribution is -2.16. The van der Waals surface area contributed by atoms with Gasteiger partial charge >= 0.3 is 0 Å². The van der Waals surface area contributed by atoms with E-state index >= 15 is 0 Å². The van der Waals surface area contributed by atoms with Gasteiger partial charge in [0.25, 0.3) is 0 Å². The third kappa shape index (κ3) is 2.71. The molecule has 1 unspecified atom stereocenters. The van der Waals surface area contributed by atoms with Crippen molar-refractivity contribution in [1.29, 1.82) is 0 Å². The van der Waals surface area contributed by atoms with Crippen molar-refractivity contribution in [1.82, 2.24) is 0 Å². The SMILES string of the molecule is OC(c1cc(Cl)ccc1Cl)C1CCCCC1. The van der Waals surface area contributed by atoms with Crippen molar-refractivity contribution in [2.75, 3.05) is 0 Å². The molecule has 0 aliphatic heterocycles. The first-order chi connectivity index (χ1) is 7.68. The van der Waals surface area contributed by atoms with E-state index in [0.29, 0.717) is 16.0 Å². The molecule has 0 spiro atoms. The number of hydrogen-bond acceptors (Lipinski definition) is 1. The van der Waals surface area contributed by atoms with E-state index in [1.54, 1.807) is 18.2 Å². The summed E-state index contributed by atoms with van der Waals surface area (Å²) in [4.78, 5) is 0. The first-order valence-corrected chi connectivity index (χ1v) is 6.57. The Morgan fingerprint density at radius 2 is 1.81 bits per heavy atom. The molecule has 2 rings (SSSR count). The molecule has 1 aromatic carbocycles. The van der Waals surface area contributed by atoms with Crippen molar-refractivity contribution in [3.63, 3.8) is 0 Å². The molecule has 3 heteroatoms. The molecule has 0 aromatic heterocycles. The van der Waals surface area contributed by atoms with E-state index in [4.69, 9.17) is 23.2 Å². The van der Waals surface area contributed by atoms with Crippen LogP contribution in [0.4, 0.5) is 0 Å². The fourth-order valence-electron chi connectivity index (χ4n) is 2.45. The lowest BCUT2D eigenvalue weighted by atomic mass is 9.83. The van der Waals surface area contributed by atoms with Crippen LogP contribution >= 0.6 is 23.2 Å². The Hall–Kier alpha value is -0.240. The number of benzene rings is 1. The van der Waals surface area contributed by atoms with Gasteiger partial charge in [-0.2, -0.15) is 0 Å². The summed E-state index contributed by atoms with van der Waals surface area (Å²) in [7, 11) is 0. The third-order valence-corrected chi connectivity index (χ3v) is 3.95. The Morgan fingerprint density at radius 1 is 1.12 bits per heavy atom. The van der Waals surface area contributed by atoms with Crippen molar-refractivity contribution in [2.24, 2.45) is 5.92 Å². The van der Waals surface area contributed by atoms with Gasteiger partial charge in [-0.05, 0) is 37.0 Å². The minimum atomic E-state index is -0.466. The van der Waals surface area contributed by atoms with Crippen molar-refractivity contribution < 1.29 is 5.11 Å². The van der Waals surface area contributed by atoms with Crippen molar-refractivity contribution in [3.05, 3.63) is 33.8 Å². The quantitative estimate of drug-likeness (QED) is 0.822. The van der Waals surface area contributed by atoms with Gasteiger partial charge < -0.3 is 5.11 Å². The van der Waals surface area contributed by atoms with E-state index in [1.165, 1.54) is 19.3 Å². The molecule has 1 aliphatic carbocycles. The number of aliphatic hydroxyl groups is 1. The van der Waals surface area contributed by atoms with Gasteiger partial charge in [-0.3, -0.25) is 0 Å². The zero-order valence-corrected chi connectivity index (χ0v) is 10.6. The van der Waals surface area contributed by atoms with Gasteiger partial charge in [-0.15, -0.1) is 0 Å². The highest BCUT2D eigenvalue weighted by Crippen LogP contribution is 2.37. The molecule has 1 nitrogen and oxygen atoms in total. The van der Waals surface area contributed by atoms with Gasteiger partial charge in [0.05, 0.1) is 6.10 Å². The smallest absolute Gasteiger partial charge is 0.0833 e. The summed E-state index contributed by atoms with van der Waals surface area (Å²) in [6, 6.07) is 5.29. The molecule has 1 atom stereocenters. The van der Waals surface area contributed by atoms with Crippen LogP contribution in [0.3, 0.4) is 0 Å². The van der Waals surface area contributed by atoms with Crippen molar-refractivity contribution >= 4 is 23.2 Å². The van der Waals surface area contributed by atoms with Gasteiger partial charge in [0.2, 0.25) is 0 Å². The minimum Gasteiger partial charge on any atom is -0.388 e. The van der Waals surface area contributed by atoms with Crippen LogP contribution in [-0.4, -0.2) is 5.11 Å². The van der Waals surface area contributed by atoms with Crippen LogP contribution in [0, 0.1) is 5.92 Å². The first kappa shape index (κ1) is 12.2. The number of hydrogen-bond donors (Lipinski definition) is 1. The van der Waals surface area contributed by atoms with Gasteiger partial charge in [0.15, 0.2) is 0 Å². The summed E-state index contributed by atoms with van der Waals surface area (Å²) >= 11 is 12.0. The van der Waals surface area contributed by atoms with Crippen LogP contribution < -0.4 is 0 Å². The highest BCUT2D eigenvalue weighted by molar-refractivity contribution is 6.33. The van der Waals surface area contributed by atoms with Gasteiger partial charge in [0, 0.05) is 15.6 Å². The Labute approximate surface area is 106 Å². The van der Waals surface area contributed by atoms with E-state index < -0.39 is 6.10 Å². The van der Waals surface area contributed by atoms with E-state index in [1.807, 2.05) is 0 Å². The summed E-state index contributed by atoms with van der Waals surface area (Å²) in [6.07, 6.45) is 5.41. The molecule has 0 saturated heterocycles. The molecule has 1 N–H and O–H groups in total. The molecule has 0 heterocycles. The van der Waals surface area contributed by atoms with E-state index in [2.05, 4.69) is 0 Å². The fraction of sp³-hybridized carbons (Fsp3) is 0.538. The molecule has 1 aromatic rings. The Morgan fingerprint density at radius 3 is 2.50 bits per heavy atom. The maximum atomic E-state index is 10.3. The average molecular weight is 259 g/mol. The van der Waals surface area contributed by atoms with Gasteiger partial charge in [0.1, 0.15) is 0 Å². The Kier molecular flexibility index (Phi) is 4.12. The maximum Gasteiger partial charge on any atom is 0.0833 e. The summed E-state index contributed by atoms with van der Waals surface area (Å²) in [6.45, 7) is 0. The topological polar surface area (TPSA) is 20.2 Å². The second-order valence-corrected chi connectivity index (χ2v) is 5.35. The third-order valence-electron chi connectivity index (χ3n) is 3.37. The van der Waals surface area contributed by atoms with E-state index in [0.717, 1.165) is 18.4 Å². The molecule has 0 bridgehead atoms. The molecule has 0 radical (unpaired) electrons. The number of rotatable bonds is 2. The monoisotopic (exact) mass is 258 g/mol. The van der Waals surface area contributed by atoms with Crippen molar-refractivity contribution in [2.45, 2.75) is 38.2 Å². The molecule has 16 heavy (non-hydrogen) atoms. The standard InChI is InChI=1S/C13H16Cl2O/c14-10-6-7-12(15)11(8-10)13(16)9-4-2-1-3-5-9/h6-9,13,16H,1-5H2. The maximum absolute atomic E-state index is 10.3. The second-order valence-electron chi connectivity index (χ2n) is 4.51. The van der Waals surface area contributed by atoms with Gasteiger partial charge in [-0.25, -0.2) is 0 Å². The Balaban J connectivity index is 2.18. The normalized spacial score (nSPS) is 19.7. The lowest BCUT2D eigenvalue weighted by Gasteiger charge is -2.27. The molecule has 0 amide bonds. The minimum absolute atomic E-state index is 0.338. The highest BCUT2D eigenvalue weighted by atomic mass is 35.5. The summed E-state index contributed by atoms with van der Waals surface area (Å²) in [5.74, 6) is 0.338. The molecule has 1 aliphatic rings. The molecular weight excluding hydrogens is 243 g/mol. The molecular formula is C13H16Cl2O. The number of halogens is 2. The highest BCUT2D eigenvalue weighted by Gasteiger charge is 2.24. The van der Waals surface area contributed by atoms with Gasteiger partial charge in [-0.1, -0.05) is 42.5 Å². The summed E-state index contributed by atoms with van der Waals surface area (Å²) < 4.78 is 0. The Bertz CT molecular complexity index is 359. The summed E-state index contributed by atoms with van der Waals surface area (Å²) in [5.41, 5.74) is 0.779. The fourth-order valence-corrected chi connectivity index (χ4v) is 2.85. The molecule has 88 valence electrons. The molecule has 1 fully saturated rings. The first-order valence-electron chi connectivity index (χ1n) is 5.81. The van der Waals surface area contributed by atoms with Crippen LogP contribution in [0.15, 0.2) is 18.2 Å². The largest absolute Gasteiger partial charge is 0.388 e. The molecule has 1 saturated carbocycles. The van der Waals surface area contributed by atoms with Crippen LogP contribution in [-0.2, 0) is 0 Å². The van der Waals surface area contributed by atoms with E-state index in [9.17, 15) is 5.11 Å². The second kappa shape index (κ2) is 5.39. The lowest BCUT2D eigenvalue weighted by molar-refractivity contribution is 0.0849. The predicted molar refractivity (Wildman–Crippen MR) is 68.0 cm³/mol. The zero-order valence-electron chi connectivity index (χ0n) is 9.13. The number of aliphatic hydroxyl groups excluding tert-OH is 1. The van der Waals surface area contributed by atoms with Crippen LogP contribution in [0.25, 0.3) is 0 Å².